The summed E-state index contributed by atoms with van der Waals surface area (Å²) in [4.78, 5) is 15.5. The predicted molar refractivity (Wildman–Crippen MR) is 81.1 cm³/mol. The minimum Gasteiger partial charge on any atom is -0.294 e. The van der Waals surface area contributed by atoms with Gasteiger partial charge >= 0.3 is 0 Å². The molecule has 0 radical (unpaired) electrons. The monoisotopic (exact) mass is 324 g/mol. The Morgan fingerprint density at radius 1 is 1.29 bits per heavy atom. The molecule has 0 aliphatic rings. The average molecular weight is 325 g/mol. The highest BCUT2D eigenvalue weighted by molar-refractivity contribution is 7.92. The van der Waals surface area contributed by atoms with Gasteiger partial charge in [0.2, 0.25) is 0 Å². The van der Waals surface area contributed by atoms with Gasteiger partial charge in [-0.25, -0.2) is 13.4 Å². The molecule has 1 aromatic heterocycles. The van der Waals surface area contributed by atoms with Crippen LogP contribution in [0.15, 0.2) is 47.5 Å². The van der Waals surface area contributed by atoms with Crippen LogP contribution >= 0.6 is 11.6 Å². The zero-order valence-electron chi connectivity index (χ0n) is 11.2. The summed E-state index contributed by atoms with van der Waals surface area (Å²) in [7, 11) is -3.80. The molecule has 0 fully saturated rings. The molecular formula is C14H13ClN2O3S. The van der Waals surface area contributed by atoms with E-state index in [1.54, 1.807) is 13.0 Å². The number of carbonyl (C=O) groups is 1. The van der Waals surface area contributed by atoms with Gasteiger partial charge in [0, 0.05) is 18.2 Å². The maximum atomic E-state index is 12.3. The first-order valence-electron chi connectivity index (χ1n) is 6.20. The number of nitrogens with zero attached hydrogens (tertiary/aromatic N) is 1. The summed E-state index contributed by atoms with van der Waals surface area (Å²) in [5.74, 6) is 0.0447. The summed E-state index contributed by atoms with van der Waals surface area (Å²) in [6.45, 7) is 1.72. The van der Waals surface area contributed by atoms with E-state index < -0.39 is 10.0 Å². The largest absolute Gasteiger partial charge is 0.294 e. The van der Waals surface area contributed by atoms with Crippen molar-refractivity contribution in [3.8, 4) is 0 Å². The third-order valence-corrected chi connectivity index (χ3v) is 4.33. The fourth-order valence-corrected chi connectivity index (χ4v) is 2.84. The number of carbonyl (C=O) groups excluding carboxylic acids is 1. The number of hydrogen-bond acceptors (Lipinski definition) is 4. The highest BCUT2D eigenvalue weighted by atomic mass is 35.5. The topological polar surface area (TPSA) is 76.1 Å². The highest BCUT2D eigenvalue weighted by Gasteiger charge is 2.16. The van der Waals surface area contributed by atoms with Gasteiger partial charge < -0.3 is 0 Å². The van der Waals surface area contributed by atoms with Gasteiger partial charge in [0.15, 0.2) is 5.78 Å². The van der Waals surface area contributed by atoms with Crippen LogP contribution in [-0.2, 0) is 10.0 Å². The Hall–Kier alpha value is -1.92. The number of hydrogen-bond donors (Lipinski definition) is 1. The fourth-order valence-electron chi connectivity index (χ4n) is 1.67. The van der Waals surface area contributed by atoms with Crippen LogP contribution in [0.25, 0.3) is 0 Å². The molecule has 21 heavy (non-hydrogen) atoms. The minimum atomic E-state index is -3.80. The number of anilines is 1. The molecule has 0 bridgehead atoms. The zero-order chi connectivity index (χ0) is 15.5. The number of ketones is 1. The third-order valence-electron chi connectivity index (χ3n) is 2.75. The van der Waals surface area contributed by atoms with Gasteiger partial charge in [-0.1, -0.05) is 30.7 Å². The lowest BCUT2D eigenvalue weighted by Crippen LogP contribution is -2.14. The van der Waals surface area contributed by atoms with E-state index >= 15 is 0 Å². The van der Waals surface area contributed by atoms with E-state index in [1.165, 1.54) is 36.5 Å². The van der Waals surface area contributed by atoms with E-state index in [0.29, 0.717) is 17.0 Å². The summed E-state index contributed by atoms with van der Waals surface area (Å²) in [6, 6.07) is 8.89. The quantitative estimate of drug-likeness (QED) is 0.857. The second-order valence-corrected chi connectivity index (χ2v) is 6.39. The van der Waals surface area contributed by atoms with Gasteiger partial charge in [-0.15, -0.1) is 0 Å². The molecule has 5 nitrogen and oxygen atoms in total. The van der Waals surface area contributed by atoms with Crippen molar-refractivity contribution < 1.29 is 13.2 Å². The fraction of sp³-hybridized carbons (Fsp3) is 0.143. The number of rotatable bonds is 5. The second kappa shape index (κ2) is 6.24. The molecule has 0 spiro atoms. The van der Waals surface area contributed by atoms with Crippen LogP contribution in [-0.4, -0.2) is 19.2 Å². The molecular weight excluding hydrogens is 312 g/mol. The molecule has 0 atom stereocenters. The van der Waals surface area contributed by atoms with Crippen LogP contribution in [0.5, 0.6) is 0 Å². The van der Waals surface area contributed by atoms with E-state index in [2.05, 4.69) is 9.71 Å². The number of halogens is 1. The van der Waals surface area contributed by atoms with Gasteiger partial charge in [-0.3, -0.25) is 9.52 Å². The third kappa shape index (κ3) is 3.80. The van der Waals surface area contributed by atoms with Crippen LogP contribution in [0.3, 0.4) is 0 Å². The highest BCUT2D eigenvalue weighted by Crippen LogP contribution is 2.17. The van der Waals surface area contributed by atoms with E-state index in [1.807, 2.05) is 0 Å². The van der Waals surface area contributed by atoms with Crippen molar-refractivity contribution in [3.05, 3.63) is 53.2 Å². The van der Waals surface area contributed by atoms with Gasteiger partial charge in [-0.05, 0) is 24.3 Å². The van der Waals surface area contributed by atoms with Gasteiger partial charge in [-0.2, -0.15) is 0 Å². The molecule has 7 heteroatoms. The molecule has 110 valence electrons. The zero-order valence-corrected chi connectivity index (χ0v) is 12.8. The standard InChI is InChI=1S/C14H13ClN2O3S/c1-2-13(18)10-4-3-5-12(8-10)21(19,20)17-14-7-6-11(15)9-16-14/h3-9H,2H2,1H3,(H,16,17). The maximum absolute atomic E-state index is 12.3. The van der Waals surface area contributed by atoms with Crippen molar-refractivity contribution in [1.29, 1.82) is 0 Å². The smallest absolute Gasteiger partial charge is 0.263 e. The normalized spacial score (nSPS) is 11.1. The molecule has 1 N–H and O–H groups in total. The number of Topliss-reactive ketones (excluding diaryl/α,β-unsaturated/α-hetero) is 1. The average Bonchev–Trinajstić information content (AvgIpc) is 2.49. The summed E-state index contributed by atoms with van der Waals surface area (Å²) in [5.41, 5.74) is 0.365. The Morgan fingerprint density at radius 3 is 2.67 bits per heavy atom. The summed E-state index contributed by atoms with van der Waals surface area (Å²) >= 11 is 5.69. The molecule has 0 saturated heterocycles. The molecule has 0 saturated carbocycles. The Balaban J connectivity index is 2.31. The Kier molecular flexibility index (Phi) is 4.59. The molecule has 0 amide bonds. The van der Waals surface area contributed by atoms with E-state index in [4.69, 9.17) is 11.6 Å². The van der Waals surface area contributed by atoms with Crippen LogP contribution < -0.4 is 4.72 Å². The Bertz CT molecular complexity index is 758. The lowest BCUT2D eigenvalue weighted by Gasteiger charge is -2.08. The lowest BCUT2D eigenvalue weighted by atomic mass is 10.1. The summed E-state index contributed by atoms with van der Waals surface area (Å²) in [6.07, 6.45) is 1.66. The second-order valence-electron chi connectivity index (χ2n) is 4.27. The molecule has 0 aliphatic carbocycles. The number of benzene rings is 1. The van der Waals surface area contributed by atoms with Crippen molar-refractivity contribution in [2.24, 2.45) is 0 Å². The SMILES string of the molecule is CCC(=O)c1cccc(S(=O)(=O)Nc2ccc(Cl)cn2)c1. The van der Waals surface area contributed by atoms with Crippen LogP contribution in [0, 0.1) is 0 Å². The van der Waals surface area contributed by atoms with Gasteiger partial charge in [0.05, 0.1) is 9.92 Å². The van der Waals surface area contributed by atoms with E-state index in [-0.39, 0.29) is 16.5 Å². The van der Waals surface area contributed by atoms with Gasteiger partial charge in [0.25, 0.3) is 10.0 Å². The first kappa shape index (κ1) is 15.5. The van der Waals surface area contributed by atoms with E-state index in [9.17, 15) is 13.2 Å². The molecule has 0 unspecified atom stereocenters. The number of aromatic nitrogens is 1. The van der Waals surface area contributed by atoms with Crippen LogP contribution in [0.1, 0.15) is 23.7 Å². The molecule has 1 heterocycles. The van der Waals surface area contributed by atoms with Crippen molar-refractivity contribution in [2.75, 3.05) is 4.72 Å². The first-order chi connectivity index (χ1) is 9.92. The first-order valence-corrected chi connectivity index (χ1v) is 8.06. The van der Waals surface area contributed by atoms with Crippen LogP contribution in [0.4, 0.5) is 5.82 Å². The van der Waals surface area contributed by atoms with Crippen LogP contribution in [0.2, 0.25) is 5.02 Å². The molecule has 2 aromatic rings. The van der Waals surface area contributed by atoms with Crippen molar-refractivity contribution in [1.82, 2.24) is 4.98 Å². The molecule has 2 rings (SSSR count). The predicted octanol–water partition coefficient (Wildman–Crippen LogP) is 3.13. The lowest BCUT2D eigenvalue weighted by molar-refractivity contribution is 0.0988. The van der Waals surface area contributed by atoms with Crippen molar-refractivity contribution in [3.63, 3.8) is 0 Å². The number of nitrogens with one attached hydrogen (secondary N) is 1. The Morgan fingerprint density at radius 2 is 2.05 bits per heavy atom. The number of pyridine rings is 1. The minimum absolute atomic E-state index is 0.0125. The summed E-state index contributed by atoms with van der Waals surface area (Å²) < 4.78 is 26.8. The van der Waals surface area contributed by atoms with E-state index in [0.717, 1.165) is 0 Å². The van der Waals surface area contributed by atoms with Crippen molar-refractivity contribution >= 4 is 33.2 Å². The van der Waals surface area contributed by atoms with Gasteiger partial charge in [0.1, 0.15) is 5.82 Å². The Labute approximate surface area is 128 Å². The summed E-state index contributed by atoms with van der Waals surface area (Å²) in [5, 5.41) is 0.411. The van der Waals surface area contributed by atoms with Crippen molar-refractivity contribution in [2.45, 2.75) is 18.2 Å². The molecule has 1 aromatic carbocycles. The maximum Gasteiger partial charge on any atom is 0.263 e. The molecule has 0 aliphatic heterocycles. The number of sulfonamides is 1.